The Bertz CT molecular complexity index is 951. The first-order valence-corrected chi connectivity index (χ1v) is 11.0. The van der Waals surface area contributed by atoms with Crippen molar-refractivity contribution in [1.82, 2.24) is 14.1 Å². The maximum Gasteiger partial charge on any atom is 0.246 e. The molecule has 1 aliphatic rings. The molecule has 0 atom stereocenters. The van der Waals surface area contributed by atoms with Crippen LogP contribution in [0.25, 0.3) is 0 Å². The van der Waals surface area contributed by atoms with E-state index in [1.165, 1.54) is 0 Å². The second kappa shape index (κ2) is 7.62. The first-order valence-electron chi connectivity index (χ1n) is 8.81. The van der Waals surface area contributed by atoms with Crippen LogP contribution in [0.2, 0.25) is 10.0 Å². The Balaban J connectivity index is 1.73. The van der Waals surface area contributed by atoms with Gasteiger partial charge in [-0.3, -0.25) is 4.68 Å². The van der Waals surface area contributed by atoms with Crippen molar-refractivity contribution in [3.8, 4) is 0 Å². The van der Waals surface area contributed by atoms with Crippen LogP contribution in [0, 0.1) is 13.8 Å². The van der Waals surface area contributed by atoms with Crippen molar-refractivity contribution in [2.24, 2.45) is 7.05 Å². The minimum absolute atomic E-state index is 0.241. The summed E-state index contributed by atoms with van der Waals surface area (Å²) < 4.78 is 29.4. The molecule has 0 unspecified atom stereocenters. The molecule has 0 N–H and O–H groups in total. The van der Waals surface area contributed by atoms with Gasteiger partial charge in [0.2, 0.25) is 10.0 Å². The molecule has 9 heteroatoms. The molecule has 6 nitrogen and oxygen atoms in total. The predicted octanol–water partition coefficient (Wildman–Crippen LogP) is 3.63. The number of hydrogen-bond acceptors (Lipinski definition) is 4. The average molecular weight is 431 g/mol. The zero-order valence-electron chi connectivity index (χ0n) is 15.9. The second-order valence-corrected chi connectivity index (χ2v) is 9.66. The van der Waals surface area contributed by atoms with E-state index >= 15 is 0 Å². The molecule has 0 bridgehead atoms. The topological polar surface area (TPSA) is 58.4 Å². The second-order valence-electron chi connectivity index (χ2n) is 6.97. The summed E-state index contributed by atoms with van der Waals surface area (Å²) in [5.41, 5.74) is 2.19. The van der Waals surface area contributed by atoms with Gasteiger partial charge in [-0.2, -0.15) is 9.40 Å². The Labute approximate surface area is 170 Å². The quantitative estimate of drug-likeness (QED) is 0.742. The molecule has 1 aromatic heterocycles. The third-order valence-electron chi connectivity index (χ3n) is 5.32. The Morgan fingerprint density at radius 1 is 1.15 bits per heavy atom. The van der Waals surface area contributed by atoms with E-state index in [2.05, 4.69) is 10.00 Å². The number of halogens is 2. The van der Waals surface area contributed by atoms with Crippen LogP contribution in [-0.2, 0) is 17.1 Å². The average Bonchev–Trinajstić information content (AvgIpc) is 2.89. The minimum Gasteiger partial charge on any atom is -0.371 e. The Kier molecular flexibility index (Phi) is 5.77. The van der Waals surface area contributed by atoms with Crippen molar-refractivity contribution in [2.45, 2.75) is 37.6 Å². The molecule has 27 heavy (non-hydrogen) atoms. The molecule has 3 rings (SSSR count). The molecule has 0 aliphatic carbocycles. The van der Waals surface area contributed by atoms with E-state index in [0.29, 0.717) is 39.4 Å². The highest BCUT2D eigenvalue weighted by Crippen LogP contribution is 2.31. The first kappa shape index (κ1) is 20.5. The monoisotopic (exact) mass is 430 g/mol. The largest absolute Gasteiger partial charge is 0.371 e. The molecule has 0 spiro atoms. The molecule has 1 saturated heterocycles. The standard InChI is InChI=1S/C18H24Cl2N4O2S/c1-12-18(13(2)23(4)21-12)27(25,26)24-9-7-14(8-10-24)22(3)15-5-6-16(19)17(20)11-15/h5-6,11,14H,7-10H2,1-4H3. The Morgan fingerprint density at radius 2 is 1.78 bits per heavy atom. The number of hydrogen-bond donors (Lipinski definition) is 0. The van der Waals surface area contributed by atoms with Gasteiger partial charge in [0, 0.05) is 38.9 Å². The molecule has 2 aromatic rings. The molecule has 1 aromatic carbocycles. The molecular weight excluding hydrogens is 407 g/mol. The van der Waals surface area contributed by atoms with Gasteiger partial charge in [-0.15, -0.1) is 0 Å². The van der Waals surface area contributed by atoms with Gasteiger partial charge in [0.15, 0.2) is 0 Å². The fraction of sp³-hybridized carbons (Fsp3) is 0.500. The van der Waals surface area contributed by atoms with Gasteiger partial charge in [-0.05, 0) is 44.9 Å². The summed E-state index contributed by atoms with van der Waals surface area (Å²) >= 11 is 12.1. The third-order valence-corrected chi connectivity index (χ3v) is 8.21. The lowest BCUT2D eigenvalue weighted by atomic mass is 10.0. The number of piperidine rings is 1. The number of sulfonamides is 1. The number of nitrogens with zero attached hydrogens (tertiary/aromatic N) is 4. The summed E-state index contributed by atoms with van der Waals surface area (Å²) in [6.45, 7) is 4.49. The summed E-state index contributed by atoms with van der Waals surface area (Å²) in [5, 5.41) is 5.29. The number of anilines is 1. The summed E-state index contributed by atoms with van der Waals surface area (Å²) in [4.78, 5) is 2.48. The van der Waals surface area contributed by atoms with Gasteiger partial charge in [0.05, 0.1) is 21.4 Å². The number of benzene rings is 1. The van der Waals surface area contributed by atoms with Crippen LogP contribution in [0.15, 0.2) is 23.1 Å². The lowest BCUT2D eigenvalue weighted by Gasteiger charge is -2.37. The molecule has 2 heterocycles. The first-order chi connectivity index (χ1) is 12.6. The normalized spacial score (nSPS) is 16.7. The maximum atomic E-state index is 13.1. The van der Waals surface area contributed by atoms with Gasteiger partial charge < -0.3 is 4.90 Å². The summed E-state index contributed by atoms with van der Waals surface area (Å²) in [7, 11) is 0.232. The van der Waals surface area contributed by atoms with Crippen molar-refractivity contribution in [3.63, 3.8) is 0 Å². The highest BCUT2D eigenvalue weighted by Gasteiger charge is 2.34. The van der Waals surface area contributed by atoms with E-state index in [4.69, 9.17) is 23.2 Å². The minimum atomic E-state index is -3.54. The SMILES string of the molecule is Cc1nn(C)c(C)c1S(=O)(=O)N1CCC(N(C)c2ccc(Cl)c(Cl)c2)CC1. The third kappa shape index (κ3) is 3.83. The number of rotatable bonds is 4. The van der Waals surface area contributed by atoms with E-state index in [9.17, 15) is 8.42 Å². The lowest BCUT2D eigenvalue weighted by Crippen LogP contribution is -2.45. The number of aryl methyl sites for hydroxylation is 2. The van der Waals surface area contributed by atoms with Gasteiger partial charge in [-0.1, -0.05) is 23.2 Å². The van der Waals surface area contributed by atoms with Crippen LogP contribution in [0.4, 0.5) is 5.69 Å². The summed E-state index contributed by atoms with van der Waals surface area (Å²) in [6, 6.07) is 5.79. The molecule has 1 fully saturated rings. The lowest BCUT2D eigenvalue weighted by molar-refractivity contribution is 0.314. The predicted molar refractivity (Wildman–Crippen MR) is 109 cm³/mol. The molecule has 0 radical (unpaired) electrons. The zero-order chi connectivity index (χ0) is 19.9. The summed E-state index contributed by atoms with van der Waals surface area (Å²) in [6.07, 6.45) is 1.49. The van der Waals surface area contributed by atoms with Gasteiger partial charge in [0.1, 0.15) is 4.90 Å². The Morgan fingerprint density at radius 3 is 2.30 bits per heavy atom. The highest BCUT2D eigenvalue weighted by atomic mass is 35.5. The van der Waals surface area contributed by atoms with Crippen molar-refractivity contribution in [2.75, 3.05) is 25.0 Å². The van der Waals surface area contributed by atoms with E-state index in [1.807, 2.05) is 19.2 Å². The van der Waals surface area contributed by atoms with Crippen LogP contribution in [0.1, 0.15) is 24.2 Å². The van der Waals surface area contributed by atoms with Crippen LogP contribution in [0.3, 0.4) is 0 Å². The molecular formula is C18H24Cl2N4O2S. The van der Waals surface area contributed by atoms with E-state index in [-0.39, 0.29) is 6.04 Å². The van der Waals surface area contributed by atoms with Crippen LogP contribution >= 0.6 is 23.2 Å². The maximum absolute atomic E-state index is 13.1. The molecule has 148 valence electrons. The Hall–Kier alpha value is -1.28. The van der Waals surface area contributed by atoms with Gasteiger partial charge in [0.25, 0.3) is 0 Å². The van der Waals surface area contributed by atoms with Crippen molar-refractivity contribution < 1.29 is 8.42 Å². The molecule has 0 saturated carbocycles. The molecule has 0 amide bonds. The van der Waals surface area contributed by atoms with Crippen LogP contribution in [-0.4, -0.2) is 48.7 Å². The number of aromatic nitrogens is 2. The highest BCUT2D eigenvalue weighted by molar-refractivity contribution is 7.89. The van der Waals surface area contributed by atoms with Crippen LogP contribution < -0.4 is 4.90 Å². The fourth-order valence-electron chi connectivity index (χ4n) is 3.64. The van der Waals surface area contributed by atoms with Crippen molar-refractivity contribution in [3.05, 3.63) is 39.6 Å². The smallest absolute Gasteiger partial charge is 0.246 e. The van der Waals surface area contributed by atoms with Crippen molar-refractivity contribution >= 4 is 38.9 Å². The van der Waals surface area contributed by atoms with E-state index in [1.54, 1.807) is 35.9 Å². The zero-order valence-corrected chi connectivity index (χ0v) is 18.2. The van der Waals surface area contributed by atoms with Crippen LogP contribution in [0.5, 0.6) is 0 Å². The van der Waals surface area contributed by atoms with E-state index < -0.39 is 10.0 Å². The van der Waals surface area contributed by atoms with E-state index in [0.717, 1.165) is 18.5 Å². The molecule has 1 aliphatic heterocycles. The van der Waals surface area contributed by atoms with Gasteiger partial charge in [-0.25, -0.2) is 8.42 Å². The summed E-state index contributed by atoms with van der Waals surface area (Å²) in [5.74, 6) is 0. The fourth-order valence-corrected chi connectivity index (χ4v) is 5.80. The van der Waals surface area contributed by atoms with Crippen molar-refractivity contribution in [1.29, 1.82) is 0 Å². The van der Waals surface area contributed by atoms with Gasteiger partial charge >= 0.3 is 0 Å².